The van der Waals surface area contributed by atoms with E-state index >= 15 is 0 Å². The molecule has 0 amide bonds. The fraction of sp³-hybridized carbons (Fsp3) is 0.300. The largest absolute Gasteiger partial charge is 0.417 e. The monoisotopic (exact) mass is 314 g/mol. The summed E-state index contributed by atoms with van der Waals surface area (Å²) in [5.41, 5.74) is -1.38. The predicted octanol–water partition coefficient (Wildman–Crippen LogP) is 4.28. The predicted molar refractivity (Wildman–Crippen MR) is 58.8 cm³/mol. The van der Waals surface area contributed by atoms with Gasteiger partial charge in [0.15, 0.2) is 5.78 Å². The third-order valence-electron chi connectivity index (χ3n) is 1.91. The van der Waals surface area contributed by atoms with Crippen LogP contribution in [0.1, 0.15) is 22.8 Å². The molecule has 0 aliphatic heterocycles. The van der Waals surface area contributed by atoms with Crippen LogP contribution in [-0.4, -0.2) is 11.2 Å². The first-order valence-electron chi connectivity index (χ1n) is 4.28. The number of hydrogen-bond donors (Lipinski definition) is 0. The molecule has 1 unspecified atom stereocenters. The fourth-order valence-corrected chi connectivity index (χ4v) is 1.66. The number of Topliss-reactive ketones (excluding diaryl/α,β-unsaturated/α-hetero) is 1. The van der Waals surface area contributed by atoms with Crippen molar-refractivity contribution in [2.75, 3.05) is 0 Å². The van der Waals surface area contributed by atoms with Gasteiger partial charge in [0.25, 0.3) is 0 Å². The van der Waals surface area contributed by atoms with Crippen LogP contribution in [0.5, 0.6) is 0 Å². The van der Waals surface area contributed by atoms with E-state index in [1.807, 2.05) is 0 Å². The Balaban J connectivity index is 3.35. The van der Waals surface area contributed by atoms with Crippen molar-refractivity contribution >= 4 is 33.3 Å². The Morgan fingerprint density at radius 1 is 1.44 bits per heavy atom. The molecule has 88 valence electrons. The van der Waals surface area contributed by atoms with E-state index in [4.69, 9.17) is 11.6 Å². The van der Waals surface area contributed by atoms with Crippen LogP contribution in [0.3, 0.4) is 0 Å². The molecule has 0 aliphatic rings. The molecule has 0 heterocycles. The minimum Gasteiger partial charge on any atom is -0.293 e. The zero-order chi connectivity index (χ0) is 12.5. The Hall–Kier alpha value is -0.550. The average Bonchev–Trinajstić information content (AvgIpc) is 2.14. The highest BCUT2D eigenvalue weighted by molar-refractivity contribution is 9.10. The second-order valence-electron chi connectivity index (χ2n) is 3.17. The van der Waals surface area contributed by atoms with Crippen molar-refractivity contribution in [2.24, 2.45) is 0 Å². The van der Waals surface area contributed by atoms with Gasteiger partial charge in [-0.1, -0.05) is 15.9 Å². The lowest BCUT2D eigenvalue weighted by atomic mass is 10.0. The first-order chi connectivity index (χ1) is 7.23. The number of benzene rings is 1. The van der Waals surface area contributed by atoms with Crippen molar-refractivity contribution in [3.8, 4) is 0 Å². The van der Waals surface area contributed by atoms with E-state index in [0.29, 0.717) is 4.47 Å². The number of hydrogen-bond acceptors (Lipinski definition) is 1. The van der Waals surface area contributed by atoms with E-state index in [-0.39, 0.29) is 0 Å². The van der Waals surface area contributed by atoms with Gasteiger partial charge in [-0.3, -0.25) is 4.79 Å². The van der Waals surface area contributed by atoms with Gasteiger partial charge in [-0.2, -0.15) is 13.2 Å². The molecule has 6 heteroatoms. The van der Waals surface area contributed by atoms with Crippen molar-refractivity contribution in [1.29, 1.82) is 0 Å². The van der Waals surface area contributed by atoms with Gasteiger partial charge >= 0.3 is 6.18 Å². The average molecular weight is 316 g/mol. The first-order valence-corrected chi connectivity index (χ1v) is 5.51. The first kappa shape index (κ1) is 13.5. The van der Waals surface area contributed by atoms with Gasteiger partial charge in [0.1, 0.15) is 0 Å². The van der Waals surface area contributed by atoms with Crippen LogP contribution in [0.2, 0.25) is 0 Å². The molecule has 1 aromatic carbocycles. The third kappa shape index (κ3) is 2.98. The van der Waals surface area contributed by atoms with Crippen LogP contribution in [0.25, 0.3) is 0 Å². The third-order valence-corrected chi connectivity index (χ3v) is 2.61. The summed E-state index contributed by atoms with van der Waals surface area (Å²) < 4.78 is 38.2. The molecule has 0 spiro atoms. The number of ketones is 1. The molecular formula is C10H7BrClF3O. The molecular weight excluding hydrogens is 308 g/mol. The maximum Gasteiger partial charge on any atom is 0.417 e. The number of alkyl halides is 4. The van der Waals surface area contributed by atoms with E-state index in [1.165, 1.54) is 13.0 Å². The van der Waals surface area contributed by atoms with Crippen LogP contribution < -0.4 is 0 Å². The minimum atomic E-state index is -4.56. The maximum absolute atomic E-state index is 12.6. The van der Waals surface area contributed by atoms with Crippen molar-refractivity contribution in [3.05, 3.63) is 33.8 Å². The molecule has 0 saturated carbocycles. The second-order valence-corrected chi connectivity index (χ2v) is 4.74. The Kier molecular flexibility index (Phi) is 4.02. The van der Waals surface area contributed by atoms with E-state index in [0.717, 1.165) is 12.1 Å². The quantitative estimate of drug-likeness (QED) is 0.588. The topological polar surface area (TPSA) is 17.1 Å². The van der Waals surface area contributed by atoms with Gasteiger partial charge in [0, 0.05) is 10.0 Å². The minimum absolute atomic E-state index is 0.404. The lowest BCUT2D eigenvalue weighted by Crippen LogP contribution is -2.18. The maximum atomic E-state index is 12.6. The normalized spacial score (nSPS) is 13.6. The van der Waals surface area contributed by atoms with Gasteiger partial charge < -0.3 is 0 Å². The molecule has 0 radical (unpaired) electrons. The van der Waals surface area contributed by atoms with Crippen molar-refractivity contribution in [3.63, 3.8) is 0 Å². The standard InChI is InChI=1S/C10H7BrClF3O/c1-5(12)9(16)7-4-6(11)2-3-8(7)10(13,14)15/h2-5H,1H3. The Morgan fingerprint density at radius 2 is 2.00 bits per heavy atom. The highest BCUT2D eigenvalue weighted by atomic mass is 79.9. The molecule has 0 fully saturated rings. The summed E-state index contributed by atoms with van der Waals surface area (Å²) in [7, 11) is 0. The molecule has 0 N–H and O–H groups in total. The van der Waals surface area contributed by atoms with Crippen LogP contribution >= 0.6 is 27.5 Å². The van der Waals surface area contributed by atoms with Crippen molar-refractivity contribution in [2.45, 2.75) is 18.5 Å². The van der Waals surface area contributed by atoms with Crippen LogP contribution in [0.15, 0.2) is 22.7 Å². The van der Waals surface area contributed by atoms with Crippen molar-refractivity contribution < 1.29 is 18.0 Å². The summed E-state index contributed by atoms with van der Waals surface area (Å²) in [6.45, 7) is 1.34. The highest BCUT2D eigenvalue weighted by Gasteiger charge is 2.35. The molecule has 16 heavy (non-hydrogen) atoms. The van der Waals surface area contributed by atoms with Gasteiger partial charge in [-0.25, -0.2) is 0 Å². The van der Waals surface area contributed by atoms with Crippen molar-refractivity contribution in [1.82, 2.24) is 0 Å². The summed E-state index contributed by atoms with van der Waals surface area (Å²) in [5.74, 6) is -0.740. The molecule has 0 aromatic heterocycles. The number of halogens is 5. The molecule has 1 aromatic rings. The number of carbonyl (C=O) groups is 1. The fourth-order valence-electron chi connectivity index (χ4n) is 1.18. The second kappa shape index (κ2) is 4.75. The van der Waals surface area contributed by atoms with E-state index in [1.54, 1.807) is 0 Å². The summed E-state index contributed by atoms with van der Waals surface area (Å²) >= 11 is 8.52. The zero-order valence-corrected chi connectivity index (χ0v) is 10.4. The smallest absolute Gasteiger partial charge is 0.293 e. The summed E-state index contributed by atoms with van der Waals surface area (Å²) in [4.78, 5) is 11.5. The zero-order valence-electron chi connectivity index (χ0n) is 8.11. The molecule has 0 aliphatic carbocycles. The molecule has 1 nitrogen and oxygen atoms in total. The summed E-state index contributed by atoms with van der Waals surface area (Å²) in [5, 5.41) is -0.990. The van der Waals surface area contributed by atoms with Gasteiger partial charge in [0.2, 0.25) is 0 Å². The Bertz CT molecular complexity index is 415. The number of rotatable bonds is 2. The molecule has 1 rings (SSSR count). The molecule has 0 saturated heterocycles. The Morgan fingerprint density at radius 3 is 2.44 bits per heavy atom. The van der Waals surface area contributed by atoms with Crippen LogP contribution in [-0.2, 0) is 6.18 Å². The van der Waals surface area contributed by atoms with Crippen LogP contribution in [0.4, 0.5) is 13.2 Å². The SMILES string of the molecule is CC(Cl)C(=O)c1cc(Br)ccc1C(F)(F)F. The Labute approximate surface area is 104 Å². The van der Waals surface area contributed by atoms with Gasteiger partial charge in [-0.15, -0.1) is 11.6 Å². The van der Waals surface area contributed by atoms with Gasteiger partial charge in [-0.05, 0) is 25.1 Å². The summed E-state index contributed by atoms with van der Waals surface area (Å²) in [6, 6.07) is 3.22. The van der Waals surface area contributed by atoms with Crippen LogP contribution in [0, 0.1) is 0 Å². The van der Waals surface area contributed by atoms with Gasteiger partial charge in [0.05, 0.1) is 10.9 Å². The van der Waals surface area contributed by atoms with E-state index < -0.39 is 28.5 Å². The lowest BCUT2D eigenvalue weighted by Gasteiger charge is -2.13. The molecule has 1 atom stereocenters. The molecule has 0 bridgehead atoms. The number of carbonyl (C=O) groups excluding carboxylic acids is 1. The highest BCUT2D eigenvalue weighted by Crippen LogP contribution is 2.34. The van der Waals surface area contributed by atoms with E-state index in [2.05, 4.69) is 15.9 Å². The summed E-state index contributed by atoms with van der Waals surface area (Å²) in [6.07, 6.45) is -4.56. The lowest BCUT2D eigenvalue weighted by molar-refractivity contribution is -0.137. The van der Waals surface area contributed by atoms with E-state index in [9.17, 15) is 18.0 Å².